The molecule has 0 aliphatic heterocycles. The number of halogens is 3. The Bertz CT molecular complexity index is 1100. The molecule has 10 heteroatoms. The van der Waals surface area contributed by atoms with Gasteiger partial charge in [-0.25, -0.2) is 15.0 Å². The highest BCUT2D eigenvalue weighted by Gasteiger charge is 2.33. The fourth-order valence-corrected chi connectivity index (χ4v) is 4.09. The quantitative estimate of drug-likeness (QED) is 0.506. The molecule has 2 heterocycles. The summed E-state index contributed by atoms with van der Waals surface area (Å²) in [7, 11) is 1.35. The van der Waals surface area contributed by atoms with Crippen molar-refractivity contribution < 1.29 is 22.7 Å². The molecule has 0 saturated heterocycles. The number of hydrogen-bond acceptors (Lipinski definition) is 7. The highest BCUT2D eigenvalue weighted by Crippen LogP contribution is 2.33. The van der Waals surface area contributed by atoms with E-state index in [9.17, 15) is 18.0 Å². The van der Waals surface area contributed by atoms with E-state index in [-0.39, 0.29) is 11.9 Å². The van der Waals surface area contributed by atoms with Crippen molar-refractivity contribution in [1.82, 2.24) is 15.0 Å². The summed E-state index contributed by atoms with van der Waals surface area (Å²) in [5.74, 6) is -0.455. The van der Waals surface area contributed by atoms with Crippen LogP contribution in [0.2, 0.25) is 0 Å². The number of rotatable bonds is 6. The van der Waals surface area contributed by atoms with Crippen LogP contribution in [0.4, 0.5) is 24.8 Å². The predicted molar refractivity (Wildman–Crippen MR) is 112 cm³/mol. The molecule has 0 aliphatic rings. The van der Waals surface area contributed by atoms with E-state index >= 15 is 0 Å². The van der Waals surface area contributed by atoms with E-state index in [2.05, 4.69) is 20.3 Å². The first-order valence-electron chi connectivity index (χ1n) is 9.30. The Labute approximate surface area is 181 Å². The van der Waals surface area contributed by atoms with E-state index in [0.29, 0.717) is 12.1 Å². The molecule has 0 fully saturated rings. The van der Waals surface area contributed by atoms with Gasteiger partial charge >= 0.3 is 12.1 Å². The van der Waals surface area contributed by atoms with E-state index in [0.717, 1.165) is 33.3 Å². The van der Waals surface area contributed by atoms with Crippen LogP contribution in [-0.4, -0.2) is 28.0 Å². The number of aromatic nitrogens is 3. The number of hydrogen-bond donors (Lipinski definition) is 1. The maximum atomic E-state index is 12.9. The topological polar surface area (TPSA) is 77.0 Å². The van der Waals surface area contributed by atoms with Crippen molar-refractivity contribution in [3.8, 4) is 10.4 Å². The normalized spacial score (nSPS) is 12.0. The molecule has 0 atom stereocenters. The lowest BCUT2D eigenvalue weighted by Crippen LogP contribution is -2.27. The Morgan fingerprint density at radius 3 is 2.61 bits per heavy atom. The van der Waals surface area contributed by atoms with Crippen molar-refractivity contribution in [2.45, 2.75) is 33.4 Å². The maximum Gasteiger partial charge on any atom is 0.433 e. The minimum absolute atomic E-state index is 0.142. The monoisotopic (exact) mass is 450 g/mol. The highest BCUT2D eigenvalue weighted by atomic mass is 32.1. The molecule has 0 bridgehead atoms. The van der Waals surface area contributed by atoms with E-state index in [1.54, 1.807) is 32.2 Å². The fraction of sp³-hybridized carbons (Fsp3) is 0.333. The van der Waals surface area contributed by atoms with Gasteiger partial charge in [0.2, 0.25) is 5.95 Å². The number of nitrogens with zero attached hydrogens (tertiary/aromatic N) is 3. The van der Waals surface area contributed by atoms with Crippen LogP contribution in [0.3, 0.4) is 0 Å². The second kappa shape index (κ2) is 8.62. The zero-order valence-corrected chi connectivity index (χ0v) is 18.2. The fourth-order valence-electron chi connectivity index (χ4n) is 2.96. The second-order valence-corrected chi connectivity index (χ2v) is 8.76. The van der Waals surface area contributed by atoms with E-state index in [1.807, 2.05) is 13.0 Å². The van der Waals surface area contributed by atoms with Crippen molar-refractivity contribution in [3.05, 3.63) is 52.9 Å². The van der Waals surface area contributed by atoms with Gasteiger partial charge in [0.05, 0.1) is 22.4 Å². The number of anilines is 2. The molecule has 31 heavy (non-hydrogen) atoms. The van der Waals surface area contributed by atoms with Gasteiger partial charge in [-0.05, 0) is 50.1 Å². The van der Waals surface area contributed by atoms with Crippen LogP contribution >= 0.6 is 11.3 Å². The number of carbonyl (C=O) groups is 1. The summed E-state index contributed by atoms with van der Waals surface area (Å²) in [4.78, 5) is 24.6. The van der Waals surface area contributed by atoms with Gasteiger partial charge in [0, 0.05) is 24.5 Å². The van der Waals surface area contributed by atoms with Crippen LogP contribution in [0.5, 0.6) is 0 Å². The first kappa shape index (κ1) is 22.7. The minimum Gasteiger partial charge on any atom is -0.469 e. The molecule has 6 nitrogen and oxygen atoms in total. The highest BCUT2D eigenvalue weighted by molar-refractivity contribution is 7.15. The van der Waals surface area contributed by atoms with Gasteiger partial charge in [-0.3, -0.25) is 4.79 Å². The lowest BCUT2D eigenvalue weighted by atomic mass is 9.90. The second-order valence-electron chi connectivity index (χ2n) is 7.65. The number of thiazole rings is 1. The van der Waals surface area contributed by atoms with Crippen molar-refractivity contribution in [2.24, 2.45) is 5.41 Å². The Morgan fingerprint density at radius 1 is 1.19 bits per heavy atom. The zero-order valence-electron chi connectivity index (χ0n) is 17.4. The number of nitrogens with one attached hydrogen (secondary N) is 1. The van der Waals surface area contributed by atoms with Crippen molar-refractivity contribution in [1.29, 1.82) is 0 Å². The van der Waals surface area contributed by atoms with Crippen molar-refractivity contribution in [2.75, 3.05) is 12.4 Å². The van der Waals surface area contributed by atoms with Crippen LogP contribution in [-0.2, 0) is 22.1 Å². The summed E-state index contributed by atoms with van der Waals surface area (Å²) in [6, 6.07) is 6.34. The molecule has 0 amide bonds. The van der Waals surface area contributed by atoms with Crippen molar-refractivity contribution >= 4 is 28.9 Å². The zero-order chi connectivity index (χ0) is 22.8. The first-order chi connectivity index (χ1) is 14.5. The number of methoxy groups -OCH3 is 1. The minimum atomic E-state index is -4.55. The molecular formula is C21H21F3N4O2S. The Balaban J connectivity index is 1.84. The number of alkyl halides is 3. The third kappa shape index (κ3) is 5.57. The average Bonchev–Trinajstić information content (AvgIpc) is 3.14. The van der Waals surface area contributed by atoms with Crippen LogP contribution in [0.25, 0.3) is 10.4 Å². The van der Waals surface area contributed by atoms with Crippen LogP contribution in [0, 0.1) is 12.3 Å². The van der Waals surface area contributed by atoms with E-state index in [1.165, 1.54) is 18.4 Å². The van der Waals surface area contributed by atoms with Crippen LogP contribution in [0.1, 0.15) is 30.1 Å². The summed E-state index contributed by atoms with van der Waals surface area (Å²) in [6.07, 6.45) is -1.34. The van der Waals surface area contributed by atoms with Crippen LogP contribution < -0.4 is 5.32 Å². The third-order valence-corrected chi connectivity index (χ3v) is 5.50. The number of benzene rings is 1. The van der Waals surface area contributed by atoms with Gasteiger partial charge in [0.15, 0.2) is 0 Å². The summed E-state index contributed by atoms with van der Waals surface area (Å²) in [5.41, 5.74) is 0.576. The number of ether oxygens (including phenoxy) is 1. The van der Waals surface area contributed by atoms with Gasteiger partial charge in [0.1, 0.15) is 5.69 Å². The van der Waals surface area contributed by atoms with E-state index in [4.69, 9.17) is 4.74 Å². The lowest BCUT2D eigenvalue weighted by molar-refractivity contribution is -0.150. The average molecular weight is 450 g/mol. The molecule has 3 aromatic rings. The molecule has 0 spiro atoms. The molecule has 1 N–H and O–H groups in total. The summed E-state index contributed by atoms with van der Waals surface area (Å²) in [5, 5.41) is 3.62. The molecular weight excluding hydrogens is 429 g/mol. The standard InChI is InChI=1S/C21H21F3N4O2S/c1-12-7-13(15-11-26-17(31-15)10-20(2,3)18(29)30-4)9-14(8-12)27-19-25-6-5-16(28-19)21(22,23)24/h5-9,11H,10H2,1-4H3,(H,25,27,28). The molecule has 0 radical (unpaired) electrons. The third-order valence-electron chi connectivity index (χ3n) is 4.45. The molecule has 0 unspecified atom stereocenters. The Morgan fingerprint density at radius 2 is 1.94 bits per heavy atom. The molecule has 164 valence electrons. The van der Waals surface area contributed by atoms with E-state index < -0.39 is 17.3 Å². The molecule has 2 aromatic heterocycles. The number of esters is 1. The van der Waals surface area contributed by atoms with Gasteiger partial charge in [-0.15, -0.1) is 11.3 Å². The maximum absolute atomic E-state index is 12.9. The molecule has 1 aromatic carbocycles. The molecule has 0 aliphatic carbocycles. The molecule has 0 saturated carbocycles. The molecule has 3 rings (SSSR count). The predicted octanol–water partition coefficient (Wildman–Crippen LogP) is 5.41. The SMILES string of the molecule is COC(=O)C(C)(C)Cc1ncc(-c2cc(C)cc(Nc3nccc(C(F)(F)F)n3)c2)s1. The largest absolute Gasteiger partial charge is 0.469 e. The Hall–Kier alpha value is -3.01. The first-order valence-corrected chi connectivity index (χ1v) is 10.1. The van der Waals surface area contributed by atoms with Gasteiger partial charge in [-0.1, -0.05) is 6.07 Å². The van der Waals surface area contributed by atoms with Gasteiger partial charge in [0.25, 0.3) is 0 Å². The summed E-state index contributed by atoms with van der Waals surface area (Å²) < 4.78 is 43.5. The lowest BCUT2D eigenvalue weighted by Gasteiger charge is -2.19. The summed E-state index contributed by atoms with van der Waals surface area (Å²) >= 11 is 1.44. The van der Waals surface area contributed by atoms with Gasteiger partial charge < -0.3 is 10.1 Å². The Kier molecular flexibility index (Phi) is 6.30. The van der Waals surface area contributed by atoms with Crippen molar-refractivity contribution in [3.63, 3.8) is 0 Å². The van der Waals surface area contributed by atoms with Crippen LogP contribution in [0.15, 0.2) is 36.7 Å². The summed E-state index contributed by atoms with van der Waals surface area (Å²) in [6.45, 7) is 5.47. The number of carbonyl (C=O) groups excluding carboxylic acids is 1. The smallest absolute Gasteiger partial charge is 0.433 e. The number of aryl methyl sites for hydroxylation is 1. The van der Waals surface area contributed by atoms with Gasteiger partial charge in [-0.2, -0.15) is 13.2 Å².